The van der Waals surface area contributed by atoms with Crippen LogP contribution in [0.2, 0.25) is 0 Å². The quantitative estimate of drug-likeness (QED) is 0.793. The summed E-state index contributed by atoms with van der Waals surface area (Å²) in [5.41, 5.74) is 1.12. The molecule has 1 N–H and O–H groups in total. The molecule has 0 spiro atoms. The molecule has 90 valence electrons. The van der Waals surface area contributed by atoms with Gasteiger partial charge in [-0.15, -0.1) is 0 Å². The number of nitrogens with one attached hydrogen (secondary N) is 1. The minimum Gasteiger partial charge on any atom is -0.481 e. The zero-order chi connectivity index (χ0) is 11.8. The summed E-state index contributed by atoms with van der Waals surface area (Å²) >= 11 is 1.87. The Morgan fingerprint density at radius 3 is 3.00 bits per heavy atom. The summed E-state index contributed by atoms with van der Waals surface area (Å²) in [6.07, 6.45) is 5.03. The van der Waals surface area contributed by atoms with Crippen LogP contribution in [0.25, 0.3) is 0 Å². The van der Waals surface area contributed by atoms with Crippen molar-refractivity contribution in [1.29, 1.82) is 0 Å². The zero-order valence-electron chi connectivity index (χ0n) is 10.2. The van der Waals surface area contributed by atoms with Gasteiger partial charge in [-0.2, -0.15) is 11.8 Å². The number of ether oxygens (including phenoxy) is 1. The molecule has 1 aromatic heterocycles. The summed E-state index contributed by atoms with van der Waals surface area (Å²) in [7, 11) is 1.66. The SMILES string of the molecule is CCC(CSC)NCc1cccnc1OC. The zero-order valence-corrected chi connectivity index (χ0v) is 11.0. The molecule has 0 aliphatic heterocycles. The summed E-state index contributed by atoms with van der Waals surface area (Å²) in [5, 5.41) is 3.52. The average Bonchev–Trinajstić information content (AvgIpc) is 2.34. The van der Waals surface area contributed by atoms with E-state index in [4.69, 9.17) is 4.74 Å². The van der Waals surface area contributed by atoms with Crippen molar-refractivity contribution in [3.05, 3.63) is 23.9 Å². The second-order valence-corrected chi connectivity index (χ2v) is 4.52. The van der Waals surface area contributed by atoms with E-state index in [1.54, 1.807) is 13.3 Å². The molecule has 0 fully saturated rings. The molecule has 0 aromatic carbocycles. The van der Waals surface area contributed by atoms with Crippen molar-refractivity contribution >= 4 is 11.8 Å². The maximum Gasteiger partial charge on any atom is 0.217 e. The largest absolute Gasteiger partial charge is 0.481 e. The molecule has 0 aliphatic rings. The van der Waals surface area contributed by atoms with Crippen LogP contribution in [0.5, 0.6) is 5.88 Å². The van der Waals surface area contributed by atoms with Gasteiger partial charge in [0.15, 0.2) is 0 Å². The van der Waals surface area contributed by atoms with Crippen molar-refractivity contribution in [1.82, 2.24) is 10.3 Å². The number of thioether (sulfide) groups is 1. The minimum atomic E-state index is 0.555. The summed E-state index contributed by atoms with van der Waals surface area (Å²) in [6.45, 7) is 3.02. The highest BCUT2D eigenvalue weighted by atomic mass is 32.2. The number of hydrogen-bond donors (Lipinski definition) is 1. The standard InChI is InChI=1S/C12H20N2OS/c1-4-11(9-16-3)14-8-10-6-5-7-13-12(10)15-2/h5-7,11,14H,4,8-9H2,1-3H3. The maximum atomic E-state index is 5.21. The van der Waals surface area contributed by atoms with Crippen molar-refractivity contribution in [3.63, 3.8) is 0 Å². The van der Waals surface area contributed by atoms with Crippen LogP contribution in [0.3, 0.4) is 0 Å². The molecule has 1 unspecified atom stereocenters. The molecule has 0 amide bonds. The van der Waals surface area contributed by atoms with Gasteiger partial charge in [-0.05, 0) is 18.7 Å². The molecule has 0 aliphatic carbocycles. The first-order valence-corrected chi connectivity index (χ1v) is 6.91. The van der Waals surface area contributed by atoms with Crippen LogP contribution in [-0.4, -0.2) is 30.1 Å². The van der Waals surface area contributed by atoms with E-state index in [0.29, 0.717) is 11.9 Å². The van der Waals surface area contributed by atoms with Gasteiger partial charge in [-0.1, -0.05) is 13.0 Å². The molecule has 1 atom stereocenters. The van der Waals surface area contributed by atoms with Gasteiger partial charge < -0.3 is 10.1 Å². The molecule has 0 radical (unpaired) electrons. The number of pyridine rings is 1. The van der Waals surface area contributed by atoms with Crippen LogP contribution in [0.4, 0.5) is 0 Å². The molecule has 1 rings (SSSR count). The summed E-state index contributed by atoms with van der Waals surface area (Å²) in [5.74, 6) is 1.85. The van der Waals surface area contributed by atoms with Crippen LogP contribution >= 0.6 is 11.8 Å². The number of nitrogens with zero attached hydrogens (tertiary/aromatic N) is 1. The Kier molecular flexibility index (Phi) is 6.26. The van der Waals surface area contributed by atoms with Gasteiger partial charge in [0.25, 0.3) is 0 Å². The van der Waals surface area contributed by atoms with Gasteiger partial charge in [-0.3, -0.25) is 0 Å². The highest BCUT2D eigenvalue weighted by Crippen LogP contribution is 2.13. The number of aromatic nitrogens is 1. The van der Waals surface area contributed by atoms with Gasteiger partial charge in [0.2, 0.25) is 5.88 Å². The maximum absolute atomic E-state index is 5.21. The molecule has 4 heteroatoms. The molecule has 1 heterocycles. The Bertz CT molecular complexity index is 307. The van der Waals surface area contributed by atoms with Crippen LogP contribution in [0.15, 0.2) is 18.3 Å². The van der Waals surface area contributed by atoms with Crippen molar-refractivity contribution in [2.24, 2.45) is 0 Å². The predicted octanol–water partition coefficient (Wildman–Crippen LogP) is 2.32. The highest BCUT2D eigenvalue weighted by molar-refractivity contribution is 7.98. The van der Waals surface area contributed by atoms with E-state index < -0.39 is 0 Å². The summed E-state index contributed by atoms with van der Waals surface area (Å²) < 4.78 is 5.21. The molecule has 0 saturated carbocycles. The molecule has 0 saturated heterocycles. The van der Waals surface area contributed by atoms with Gasteiger partial charge >= 0.3 is 0 Å². The fourth-order valence-corrected chi connectivity index (χ4v) is 2.27. The lowest BCUT2D eigenvalue weighted by atomic mass is 10.2. The van der Waals surface area contributed by atoms with Crippen molar-refractivity contribution in [2.45, 2.75) is 25.9 Å². The smallest absolute Gasteiger partial charge is 0.217 e. The molecular weight excluding hydrogens is 220 g/mol. The van der Waals surface area contributed by atoms with E-state index in [2.05, 4.69) is 23.5 Å². The third kappa shape index (κ3) is 4.02. The minimum absolute atomic E-state index is 0.555. The van der Waals surface area contributed by atoms with Crippen LogP contribution in [0, 0.1) is 0 Å². The predicted molar refractivity (Wildman–Crippen MR) is 70.1 cm³/mol. The molecular formula is C12H20N2OS. The van der Waals surface area contributed by atoms with Gasteiger partial charge in [0.05, 0.1) is 7.11 Å². The van der Waals surface area contributed by atoms with Gasteiger partial charge in [0, 0.05) is 30.1 Å². The van der Waals surface area contributed by atoms with Crippen molar-refractivity contribution < 1.29 is 4.74 Å². The Morgan fingerprint density at radius 1 is 1.56 bits per heavy atom. The van der Waals surface area contributed by atoms with E-state index in [-0.39, 0.29) is 0 Å². The lowest BCUT2D eigenvalue weighted by Gasteiger charge is -2.16. The van der Waals surface area contributed by atoms with E-state index >= 15 is 0 Å². The van der Waals surface area contributed by atoms with Crippen molar-refractivity contribution in [3.8, 4) is 5.88 Å². The number of hydrogen-bond acceptors (Lipinski definition) is 4. The third-order valence-electron chi connectivity index (χ3n) is 2.49. The average molecular weight is 240 g/mol. The lowest BCUT2D eigenvalue weighted by molar-refractivity contribution is 0.388. The Labute approximate surface area is 102 Å². The summed E-state index contributed by atoms with van der Waals surface area (Å²) in [4.78, 5) is 4.18. The normalized spacial score (nSPS) is 12.4. The van der Waals surface area contributed by atoms with Gasteiger partial charge in [0.1, 0.15) is 0 Å². The fraction of sp³-hybridized carbons (Fsp3) is 0.583. The lowest BCUT2D eigenvalue weighted by Crippen LogP contribution is -2.30. The first-order chi connectivity index (χ1) is 7.81. The number of methoxy groups -OCH3 is 1. The molecule has 0 bridgehead atoms. The molecule has 3 nitrogen and oxygen atoms in total. The van der Waals surface area contributed by atoms with E-state index in [9.17, 15) is 0 Å². The highest BCUT2D eigenvalue weighted by Gasteiger charge is 2.07. The molecule has 16 heavy (non-hydrogen) atoms. The Balaban J connectivity index is 2.52. The summed E-state index contributed by atoms with van der Waals surface area (Å²) in [6, 6.07) is 4.54. The monoisotopic (exact) mass is 240 g/mol. The second kappa shape index (κ2) is 7.52. The third-order valence-corrected chi connectivity index (χ3v) is 3.22. The molecule has 1 aromatic rings. The van der Waals surface area contributed by atoms with E-state index in [1.165, 1.54) is 0 Å². The first-order valence-electron chi connectivity index (χ1n) is 5.52. The second-order valence-electron chi connectivity index (χ2n) is 3.61. The van der Waals surface area contributed by atoms with Crippen LogP contribution in [-0.2, 0) is 6.54 Å². The van der Waals surface area contributed by atoms with Crippen LogP contribution < -0.4 is 10.1 Å². The topological polar surface area (TPSA) is 34.2 Å². The van der Waals surface area contributed by atoms with Crippen molar-refractivity contribution in [2.75, 3.05) is 19.1 Å². The first kappa shape index (κ1) is 13.3. The van der Waals surface area contributed by atoms with Gasteiger partial charge in [-0.25, -0.2) is 4.98 Å². The Hall–Kier alpha value is -0.740. The van der Waals surface area contributed by atoms with Crippen LogP contribution in [0.1, 0.15) is 18.9 Å². The number of rotatable bonds is 7. The van der Waals surface area contributed by atoms with E-state index in [1.807, 2.05) is 23.9 Å². The van der Waals surface area contributed by atoms with E-state index in [0.717, 1.165) is 24.3 Å². The Morgan fingerprint density at radius 2 is 2.38 bits per heavy atom. The fourth-order valence-electron chi connectivity index (χ4n) is 1.52.